The van der Waals surface area contributed by atoms with E-state index < -0.39 is 5.97 Å². The highest BCUT2D eigenvalue weighted by atomic mass is 35.5. The summed E-state index contributed by atoms with van der Waals surface area (Å²) < 4.78 is 5.47. The van der Waals surface area contributed by atoms with Crippen molar-refractivity contribution in [2.45, 2.75) is 18.8 Å². The number of ether oxygens (including phenoxy) is 1. The molecular weight excluding hydrogens is 296 g/mol. The Balaban J connectivity index is 1.91. The number of carbonyl (C=O) groups is 1. The molecule has 1 saturated carbocycles. The van der Waals surface area contributed by atoms with Gasteiger partial charge in [0.2, 0.25) is 5.88 Å². The van der Waals surface area contributed by atoms with Gasteiger partial charge >= 0.3 is 5.97 Å². The van der Waals surface area contributed by atoms with E-state index in [1.54, 1.807) is 0 Å². The molecule has 0 amide bonds. The van der Waals surface area contributed by atoms with Crippen LogP contribution in [0.3, 0.4) is 0 Å². The smallest absolute Gasteiger partial charge is 0.337 e. The highest BCUT2D eigenvalue weighted by Gasteiger charge is 2.26. The second-order valence-electron chi connectivity index (χ2n) is 4.79. The molecule has 0 unspecified atom stereocenters. The molecule has 0 spiro atoms. The molecular formula is C14H11ClN2O4. The Morgan fingerprint density at radius 1 is 1.38 bits per heavy atom. The SMILES string of the molecule is O=C(O)c1cc(Oc2cc(=O)[nH]c(C3CC3)n2)ccc1Cl. The lowest BCUT2D eigenvalue weighted by molar-refractivity contribution is 0.0696. The second-order valence-corrected chi connectivity index (χ2v) is 5.20. The van der Waals surface area contributed by atoms with Crippen LogP contribution >= 0.6 is 11.6 Å². The number of benzene rings is 1. The lowest BCUT2D eigenvalue weighted by Crippen LogP contribution is -2.10. The number of aromatic carboxylic acids is 1. The van der Waals surface area contributed by atoms with Crippen molar-refractivity contribution in [3.05, 3.63) is 51.0 Å². The van der Waals surface area contributed by atoms with Crippen molar-refractivity contribution in [1.29, 1.82) is 0 Å². The average Bonchev–Trinajstić information content (AvgIpc) is 3.24. The van der Waals surface area contributed by atoms with Gasteiger partial charge in [-0.15, -0.1) is 0 Å². The van der Waals surface area contributed by atoms with Crippen molar-refractivity contribution in [3.8, 4) is 11.6 Å². The third kappa shape index (κ3) is 3.05. The van der Waals surface area contributed by atoms with Crippen LogP contribution in [0.5, 0.6) is 11.6 Å². The van der Waals surface area contributed by atoms with Crippen LogP contribution in [-0.4, -0.2) is 21.0 Å². The van der Waals surface area contributed by atoms with E-state index >= 15 is 0 Å². The number of hydrogen-bond donors (Lipinski definition) is 2. The van der Waals surface area contributed by atoms with Gasteiger partial charge in [-0.05, 0) is 31.0 Å². The molecule has 2 N–H and O–H groups in total. The maximum Gasteiger partial charge on any atom is 0.337 e. The zero-order valence-corrected chi connectivity index (χ0v) is 11.6. The largest absolute Gasteiger partial charge is 0.478 e. The van der Waals surface area contributed by atoms with Crippen LogP contribution in [0.25, 0.3) is 0 Å². The molecule has 0 radical (unpaired) electrons. The molecule has 1 fully saturated rings. The maximum atomic E-state index is 11.6. The van der Waals surface area contributed by atoms with E-state index in [1.807, 2.05) is 0 Å². The van der Waals surface area contributed by atoms with Gasteiger partial charge in [0.15, 0.2) is 0 Å². The van der Waals surface area contributed by atoms with Crippen molar-refractivity contribution in [2.75, 3.05) is 0 Å². The summed E-state index contributed by atoms with van der Waals surface area (Å²) >= 11 is 5.79. The summed E-state index contributed by atoms with van der Waals surface area (Å²) in [7, 11) is 0. The lowest BCUT2D eigenvalue weighted by Gasteiger charge is -2.07. The summed E-state index contributed by atoms with van der Waals surface area (Å²) in [4.78, 5) is 29.5. The number of hydrogen-bond acceptors (Lipinski definition) is 4. The predicted molar refractivity (Wildman–Crippen MR) is 75.3 cm³/mol. The van der Waals surface area contributed by atoms with Gasteiger partial charge in [-0.25, -0.2) is 4.79 Å². The Morgan fingerprint density at radius 3 is 2.81 bits per heavy atom. The second kappa shape index (κ2) is 5.21. The number of rotatable bonds is 4. The Labute approximate surface area is 124 Å². The Bertz CT molecular complexity index is 768. The maximum absolute atomic E-state index is 11.6. The van der Waals surface area contributed by atoms with Crippen LogP contribution in [0, 0.1) is 0 Å². The molecule has 1 aromatic carbocycles. The van der Waals surface area contributed by atoms with E-state index in [2.05, 4.69) is 9.97 Å². The minimum Gasteiger partial charge on any atom is -0.478 e. The molecule has 0 saturated heterocycles. The molecule has 1 aromatic heterocycles. The van der Waals surface area contributed by atoms with Crippen molar-refractivity contribution in [1.82, 2.24) is 9.97 Å². The molecule has 0 aliphatic heterocycles. The first-order valence-electron chi connectivity index (χ1n) is 6.35. The fraction of sp³-hybridized carbons (Fsp3) is 0.214. The highest BCUT2D eigenvalue weighted by molar-refractivity contribution is 6.33. The first kappa shape index (κ1) is 13.6. The first-order valence-corrected chi connectivity index (χ1v) is 6.72. The summed E-state index contributed by atoms with van der Waals surface area (Å²) in [5.41, 5.74) is -0.365. The average molecular weight is 307 g/mol. The molecule has 108 valence electrons. The molecule has 1 heterocycles. The molecule has 1 aliphatic rings. The van der Waals surface area contributed by atoms with E-state index in [4.69, 9.17) is 21.4 Å². The number of nitrogens with one attached hydrogen (secondary N) is 1. The molecule has 7 heteroatoms. The molecule has 3 rings (SSSR count). The van der Waals surface area contributed by atoms with Gasteiger partial charge in [0.1, 0.15) is 11.6 Å². The summed E-state index contributed by atoms with van der Waals surface area (Å²) in [5.74, 6) is 0.130. The monoisotopic (exact) mass is 306 g/mol. The summed E-state index contributed by atoms with van der Waals surface area (Å²) in [6, 6.07) is 5.47. The lowest BCUT2D eigenvalue weighted by atomic mass is 10.2. The molecule has 0 bridgehead atoms. The molecule has 2 aromatic rings. The van der Waals surface area contributed by atoms with Crippen molar-refractivity contribution >= 4 is 17.6 Å². The molecule has 21 heavy (non-hydrogen) atoms. The van der Waals surface area contributed by atoms with Crippen LogP contribution in [0.4, 0.5) is 0 Å². The van der Waals surface area contributed by atoms with Gasteiger partial charge in [-0.2, -0.15) is 4.98 Å². The summed E-state index contributed by atoms with van der Waals surface area (Å²) in [6.07, 6.45) is 1.99. The van der Waals surface area contributed by atoms with Crippen LogP contribution in [0.1, 0.15) is 34.9 Å². The fourth-order valence-corrected chi connectivity index (χ4v) is 2.11. The van der Waals surface area contributed by atoms with E-state index in [-0.39, 0.29) is 33.7 Å². The quantitative estimate of drug-likeness (QED) is 0.906. The first-order chi connectivity index (χ1) is 10.0. The summed E-state index contributed by atoms with van der Waals surface area (Å²) in [6.45, 7) is 0. The topological polar surface area (TPSA) is 92.3 Å². The van der Waals surface area contributed by atoms with E-state index in [9.17, 15) is 9.59 Å². The van der Waals surface area contributed by atoms with Crippen molar-refractivity contribution in [2.24, 2.45) is 0 Å². The Kier molecular flexibility index (Phi) is 3.39. The van der Waals surface area contributed by atoms with Gasteiger partial charge in [-0.1, -0.05) is 11.6 Å². The number of nitrogens with zero attached hydrogens (tertiary/aromatic N) is 1. The number of carboxylic acid groups (broad SMARTS) is 1. The molecule has 6 nitrogen and oxygen atoms in total. The number of halogens is 1. The third-order valence-electron chi connectivity index (χ3n) is 3.09. The fourth-order valence-electron chi connectivity index (χ4n) is 1.91. The van der Waals surface area contributed by atoms with E-state index in [1.165, 1.54) is 24.3 Å². The van der Waals surface area contributed by atoms with Gasteiger partial charge in [0, 0.05) is 5.92 Å². The molecule has 0 atom stereocenters. The Hall–Kier alpha value is -2.34. The van der Waals surface area contributed by atoms with Gasteiger partial charge in [0.05, 0.1) is 16.7 Å². The zero-order chi connectivity index (χ0) is 15.0. The van der Waals surface area contributed by atoms with Gasteiger partial charge in [0.25, 0.3) is 5.56 Å². The van der Waals surface area contributed by atoms with Crippen LogP contribution in [0.15, 0.2) is 29.1 Å². The zero-order valence-electron chi connectivity index (χ0n) is 10.8. The van der Waals surface area contributed by atoms with E-state index in [0.29, 0.717) is 5.82 Å². The van der Waals surface area contributed by atoms with Crippen molar-refractivity contribution in [3.63, 3.8) is 0 Å². The summed E-state index contributed by atoms with van der Waals surface area (Å²) in [5, 5.41) is 9.13. The van der Waals surface area contributed by atoms with Crippen molar-refractivity contribution < 1.29 is 14.6 Å². The molecule has 1 aliphatic carbocycles. The van der Waals surface area contributed by atoms with Crippen LogP contribution in [-0.2, 0) is 0 Å². The minimum atomic E-state index is -1.15. The highest BCUT2D eigenvalue weighted by Crippen LogP contribution is 2.38. The number of H-pyrrole nitrogens is 1. The number of aromatic amines is 1. The normalized spacial score (nSPS) is 14.0. The predicted octanol–water partition coefficient (Wildman–Crippen LogP) is 2.79. The number of carboxylic acids is 1. The van der Waals surface area contributed by atoms with Crippen LogP contribution in [0.2, 0.25) is 5.02 Å². The Morgan fingerprint density at radius 2 is 2.14 bits per heavy atom. The third-order valence-corrected chi connectivity index (χ3v) is 3.42. The number of aromatic nitrogens is 2. The minimum absolute atomic E-state index is 0.0681. The van der Waals surface area contributed by atoms with Gasteiger partial charge < -0.3 is 14.8 Å². The van der Waals surface area contributed by atoms with Gasteiger partial charge in [-0.3, -0.25) is 4.79 Å². The standard InChI is InChI=1S/C14H11ClN2O4/c15-10-4-3-8(5-9(10)14(19)20)21-12-6-11(18)16-13(17-12)7-1-2-7/h3-7H,1-2H2,(H,19,20)(H,16,17,18). The van der Waals surface area contributed by atoms with E-state index in [0.717, 1.165) is 12.8 Å². The van der Waals surface area contributed by atoms with Crippen LogP contribution < -0.4 is 10.3 Å².